The van der Waals surface area contributed by atoms with Gasteiger partial charge >= 0.3 is 5.69 Å². The van der Waals surface area contributed by atoms with Gasteiger partial charge in [-0.2, -0.15) is 0 Å². The molecular formula is C21H17ClN4O6. The third kappa shape index (κ3) is 3.44. The lowest BCUT2D eigenvalue weighted by Gasteiger charge is -2.11. The van der Waals surface area contributed by atoms with Crippen LogP contribution in [0, 0.1) is 10.1 Å². The molecule has 1 aliphatic heterocycles. The van der Waals surface area contributed by atoms with E-state index < -0.39 is 22.0 Å². The Morgan fingerprint density at radius 1 is 1.22 bits per heavy atom. The Balaban J connectivity index is 1.71. The van der Waals surface area contributed by atoms with Gasteiger partial charge in [0, 0.05) is 37.4 Å². The molecule has 0 saturated heterocycles. The van der Waals surface area contributed by atoms with Gasteiger partial charge in [-0.3, -0.25) is 28.8 Å². The van der Waals surface area contributed by atoms with E-state index in [0.29, 0.717) is 30.0 Å². The number of fused-ring (bicyclic) bond motifs is 1. The van der Waals surface area contributed by atoms with Crippen molar-refractivity contribution in [3.63, 3.8) is 0 Å². The number of nitrogens with one attached hydrogen (secondary N) is 1. The molecular weight excluding hydrogens is 440 g/mol. The number of furan rings is 1. The van der Waals surface area contributed by atoms with Gasteiger partial charge in [0.25, 0.3) is 11.2 Å². The number of allylic oxidation sites excluding steroid dienone is 1. The average molecular weight is 457 g/mol. The average Bonchev–Trinajstić information content (AvgIpc) is 3.34. The van der Waals surface area contributed by atoms with Crippen LogP contribution in [-0.2, 0) is 13.6 Å². The van der Waals surface area contributed by atoms with Crippen LogP contribution in [0.1, 0.15) is 29.5 Å². The van der Waals surface area contributed by atoms with Crippen LogP contribution in [-0.4, -0.2) is 19.8 Å². The van der Waals surface area contributed by atoms with E-state index in [2.05, 4.69) is 5.32 Å². The zero-order valence-corrected chi connectivity index (χ0v) is 17.8. The number of anilines is 1. The highest BCUT2D eigenvalue weighted by Crippen LogP contribution is 2.33. The van der Waals surface area contributed by atoms with Gasteiger partial charge in [-0.15, -0.1) is 0 Å². The van der Waals surface area contributed by atoms with Gasteiger partial charge in [0.1, 0.15) is 22.9 Å². The number of carbonyl (C=O) groups is 1. The largest absolute Gasteiger partial charge is 0.457 e. The van der Waals surface area contributed by atoms with Crippen molar-refractivity contribution in [2.75, 3.05) is 5.32 Å². The predicted molar refractivity (Wildman–Crippen MR) is 118 cm³/mol. The van der Waals surface area contributed by atoms with Gasteiger partial charge in [-0.05, 0) is 24.6 Å². The molecule has 0 amide bonds. The van der Waals surface area contributed by atoms with Crippen LogP contribution in [0.3, 0.4) is 0 Å². The Morgan fingerprint density at radius 2 is 1.97 bits per heavy atom. The van der Waals surface area contributed by atoms with Gasteiger partial charge < -0.3 is 9.73 Å². The van der Waals surface area contributed by atoms with Crippen molar-refractivity contribution in [3.05, 3.63) is 83.3 Å². The van der Waals surface area contributed by atoms with Gasteiger partial charge in [-0.25, -0.2) is 4.79 Å². The first-order valence-electron chi connectivity index (χ1n) is 9.64. The molecule has 0 bridgehead atoms. The van der Waals surface area contributed by atoms with Crippen LogP contribution in [0.15, 0.2) is 50.0 Å². The number of hydrogen-bond donors (Lipinski definition) is 1. The molecule has 2 aromatic heterocycles. The van der Waals surface area contributed by atoms with E-state index in [1.54, 1.807) is 12.1 Å². The number of non-ortho nitro benzene ring substituents is 1. The molecule has 0 spiro atoms. The van der Waals surface area contributed by atoms with Crippen LogP contribution in [0.5, 0.6) is 0 Å². The lowest BCUT2D eigenvalue weighted by atomic mass is 10.1. The number of aromatic nitrogens is 2. The fraction of sp³-hybridized carbons (Fsp3) is 0.190. The second-order valence-corrected chi connectivity index (χ2v) is 7.56. The summed E-state index contributed by atoms with van der Waals surface area (Å²) in [7, 11) is 1.33. The molecule has 4 rings (SSSR count). The molecule has 0 saturated carbocycles. The first-order chi connectivity index (χ1) is 15.2. The Kier molecular flexibility index (Phi) is 5.31. The summed E-state index contributed by atoms with van der Waals surface area (Å²) in [5.41, 5.74) is -0.894. The number of nitrogens with zero attached hydrogens (tertiary/aromatic N) is 3. The van der Waals surface area contributed by atoms with E-state index in [9.17, 15) is 24.5 Å². The molecule has 3 aromatic rings. The molecule has 1 N–H and O–H groups in total. The number of Topliss-reactive ketones (excluding diaryl/α,β-unsaturated/α-hetero) is 1. The van der Waals surface area contributed by atoms with Crippen molar-refractivity contribution in [2.45, 2.75) is 19.9 Å². The Hall–Kier alpha value is -3.92. The van der Waals surface area contributed by atoms with Crippen LogP contribution >= 0.6 is 11.6 Å². The highest BCUT2D eigenvalue weighted by Gasteiger charge is 2.32. The summed E-state index contributed by atoms with van der Waals surface area (Å²) >= 11 is 6.15. The Bertz CT molecular complexity index is 1430. The molecule has 0 radical (unpaired) electrons. The lowest BCUT2D eigenvalue weighted by molar-refractivity contribution is -0.384. The molecule has 1 aromatic carbocycles. The van der Waals surface area contributed by atoms with Gasteiger partial charge in [0.2, 0.25) is 5.78 Å². The third-order valence-electron chi connectivity index (χ3n) is 5.06. The van der Waals surface area contributed by atoms with Crippen molar-refractivity contribution in [3.8, 4) is 11.3 Å². The summed E-state index contributed by atoms with van der Waals surface area (Å²) in [5.74, 6) is 0.260. The van der Waals surface area contributed by atoms with Crippen molar-refractivity contribution < 1.29 is 14.1 Å². The first-order valence-corrected chi connectivity index (χ1v) is 10.0. The number of hydrogen-bond acceptors (Lipinski definition) is 7. The monoisotopic (exact) mass is 456 g/mol. The number of rotatable bonds is 5. The fourth-order valence-corrected chi connectivity index (χ4v) is 3.76. The van der Waals surface area contributed by atoms with Crippen LogP contribution in [0.2, 0.25) is 5.02 Å². The fourth-order valence-electron chi connectivity index (χ4n) is 3.49. The summed E-state index contributed by atoms with van der Waals surface area (Å²) in [6.45, 7) is 2.22. The normalized spacial score (nSPS) is 14.0. The zero-order valence-electron chi connectivity index (χ0n) is 17.0. The standard InChI is InChI=1S/C21H17ClN4O6/c1-3-8-25-19-17(20(28)24(2)21(25)29)18(27)15(23-19)10-12-5-7-16(32-12)13-6-4-11(26(30)31)9-14(13)22/h4-7,9-10,23H,3,8H2,1-2H3/b15-10-. The first kappa shape index (κ1) is 21.3. The number of ketones is 1. The maximum Gasteiger partial charge on any atom is 0.332 e. The minimum atomic E-state index is -0.670. The van der Waals surface area contributed by atoms with Crippen molar-refractivity contribution in [2.24, 2.45) is 7.05 Å². The van der Waals surface area contributed by atoms with E-state index >= 15 is 0 Å². The van der Waals surface area contributed by atoms with Gasteiger partial charge in [0.15, 0.2) is 0 Å². The molecule has 0 aliphatic carbocycles. The maximum atomic E-state index is 12.9. The highest BCUT2D eigenvalue weighted by molar-refractivity contribution is 6.33. The van der Waals surface area contributed by atoms with Crippen LogP contribution in [0.4, 0.5) is 11.5 Å². The zero-order chi connectivity index (χ0) is 23.2. The lowest BCUT2D eigenvalue weighted by Crippen LogP contribution is -2.40. The Morgan fingerprint density at radius 3 is 2.62 bits per heavy atom. The number of nitro benzene ring substituents is 1. The summed E-state index contributed by atoms with van der Waals surface area (Å²) in [6, 6.07) is 7.20. The van der Waals surface area contributed by atoms with E-state index in [0.717, 1.165) is 4.57 Å². The number of benzene rings is 1. The molecule has 11 heteroatoms. The van der Waals surface area contributed by atoms with E-state index in [4.69, 9.17) is 16.0 Å². The molecule has 0 unspecified atom stereocenters. The van der Waals surface area contributed by atoms with E-state index in [1.165, 1.54) is 35.9 Å². The van der Waals surface area contributed by atoms with Crippen LogP contribution < -0.4 is 16.6 Å². The molecule has 32 heavy (non-hydrogen) atoms. The summed E-state index contributed by atoms with van der Waals surface area (Å²) in [5, 5.41) is 13.9. The molecule has 164 valence electrons. The van der Waals surface area contributed by atoms with Gasteiger partial charge in [-0.1, -0.05) is 18.5 Å². The molecule has 1 aliphatic rings. The molecule has 0 atom stereocenters. The maximum absolute atomic E-state index is 12.9. The number of carbonyl (C=O) groups excluding carboxylic acids is 1. The minimum absolute atomic E-state index is 0.0863. The van der Waals surface area contributed by atoms with Gasteiger partial charge in [0.05, 0.1) is 15.6 Å². The minimum Gasteiger partial charge on any atom is -0.457 e. The number of nitro groups is 1. The summed E-state index contributed by atoms with van der Waals surface area (Å²) in [6.07, 6.45) is 2.06. The predicted octanol–water partition coefficient (Wildman–Crippen LogP) is 3.43. The second-order valence-electron chi connectivity index (χ2n) is 7.16. The van der Waals surface area contributed by atoms with Crippen molar-refractivity contribution in [1.82, 2.24) is 9.13 Å². The van der Waals surface area contributed by atoms with Crippen molar-refractivity contribution in [1.29, 1.82) is 0 Å². The van der Waals surface area contributed by atoms with Crippen molar-refractivity contribution >= 4 is 35.0 Å². The smallest absolute Gasteiger partial charge is 0.332 e. The highest BCUT2D eigenvalue weighted by atomic mass is 35.5. The molecule has 0 fully saturated rings. The quantitative estimate of drug-likeness (QED) is 0.353. The van der Waals surface area contributed by atoms with E-state index in [1.807, 2.05) is 6.92 Å². The van der Waals surface area contributed by atoms with E-state index in [-0.39, 0.29) is 27.8 Å². The summed E-state index contributed by atoms with van der Waals surface area (Å²) in [4.78, 5) is 48.2. The number of halogens is 1. The topological polar surface area (TPSA) is 129 Å². The molecule has 3 heterocycles. The van der Waals surface area contributed by atoms with Crippen LogP contribution in [0.25, 0.3) is 17.4 Å². The second kappa shape index (κ2) is 7.97. The SMILES string of the molecule is CCCn1c2c(c(=O)n(C)c1=O)C(=O)/C(=C/c1ccc(-c3ccc([N+](=O)[O-])cc3Cl)o1)N2. The summed E-state index contributed by atoms with van der Waals surface area (Å²) < 4.78 is 8.02. The Labute approximate surface area is 185 Å². The third-order valence-corrected chi connectivity index (χ3v) is 5.37. The molecule has 10 nitrogen and oxygen atoms in total.